The van der Waals surface area contributed by atoms with Gasteiger partial charge in [-0.2, -0.15) is 0 Å². The normalized spacial score (nSPS) is 13.1. The predicted molar refractivity (Wildman–Crippen MR) is 64.0 cm³/mol. The van der Waals surface area contributed by atoms with Gasteiger partial charge in [0.05, 0.1) is 0 Å². The van der Waals surface area contributed by atoms with Gasteiger partial charge in [-0.15, -0.1) is 0 Å². The number of hydrogen-bond donors (Lipinski definition) is 3. The zero-order valence-electron chi connectivity index (χ0n) is 9.96. The number of anilines is 2. The van der Waals surface area contributed by atoms with Crippen LogP contribution in [0.15, 0.2) is 0 Å². The van der Waals surface area contributed by atoms with Crippen molar-refractivity contribution in [3.05, 3.63) is 5.82 Å². The van der Waals surface area contributed by atoms with Crippen molar-refractivity contribution in [1.29, 1.82) is 0 Å². The molecule has 1 heterocycles. The average molecular weight is 211 g/mol. The van der Waals surface area contributed by atoms with Crippen LogP contribution in [0.5, 0.6) is 0 Å². The lowest BCUT2D eigenvalue weighted by Crippen LogP contribution is -2.23. The molecule has 1 aromatic heterocycles. The van der Waals surface area contributed by atoms with Gasteiger partial charge < -0.3 is 20.9 Å². The third kappa shape index (κ3) is 3.79. The maximum Gasteiger partial charge on any atom is 0.168 e. The van der Waals surface area contributed by atoms with Crippen LogP contribution >= 0.6 is 0 Å². The Balaban J connectivity index is 2.44. The number of nitrogen functional groups attached to an aromatic ring is 1. The Bertz CT molecular complexity index is 305. The van der Waals surface area contributed by atoms with E-state index in [1.54, 1.807) is 0 Å². The number of hydrogen-bond acceptors (Lipinski definition) is 4. The third-order valence-electron chi connectivity index (χ3n) is 2.24. The fourth-order valence-corrected chi connectivity index (χ4v) is 1.38. The smallest absolute Gasteiger partial charge is 0.168 e. The molecule has 0 saturated heterocycles. The summed E-state index contributed by atoms with van der Waals surface area (Å²) in [5, 5.41) is 3.29. The number of aromatic amines is 1. The molecule has 1 atom stereocenters. The summed E-state index contributed by atoms with van der Waals surface area (Å²) < 4.78 is 0. The lowest BCUT2D eigenvalue weighted by Gasteiger charge is -2.16. The molecular formula is C10H21N5. The Hall–Kier alpha value is -1.23. The van der Waals surface area contributed by atoms with Crippen LogP contribution in [0.1, 0.15) is 19.2 Å². The van der Waals surface area contributed by atoms with Crippen molar-refractivity contribution in [3.8, 4) is 0 Å². The zero-order chi connectivity index (χ0) is 11.4. The SMILES string of the molecule is Cc1nc(NC(C)CCN(C)C)c(N)[nH]1. The average Bonchev–Trinajstić information content (AvgIpc) is 2.42. The Morgan fingerprint density at radius 2 is 2.20 bits per heavy atom. The van der Waals surface area contributed by atoms with Gasteiger partial charge in [0.25, 0.3) is 0 Å². The zero-order valence-corrected chi connectivity index (χ0v) is 9.96. The summed E-state index contributed by atoms with van der Waals surface area (Å²) in [6.07, 6.45) is 1.07. The summed E-state index contributed by atoms with van der Waals surface area (Å²) in [6, 6.07) is 0.373. The number of imidazole rings is 1. The molecular weight excluding hydrogens is 190 g/mol. The van der Waals surface area contributed by atoms with Crippen molar-refractivity contribution >= 4 is 11.6 Å². The lowest BCUT2D eigenvalue weighted by molar-refractivity contribution is 0.390. The molecule has 0 aliphatic heterocycles. The highest BCUT2D eigenvalue weighted by atomic mass is 15.1. The maximum absolute atomic E-state index is 5.75. The molecule has 0 aromatic carbocycles. The number of rotatable bonds is 5. The summed E-state index contributed by atoms with van der Waals surface area (Å²) in [7, 11) is 4.14. The minimum atomic E-state index is 0.373. The standard InChI is InChI=1S/C10H21N5/c1-7(5-6-15(3)4)12-10-9(11)13-8(2)14-10/h7,12H,5-6,11H2,1-4H3,(H,13,14). The quantitative estimate of drug-likeness (QED) is 0.681. The molecule has 1 aromatic rings. The van der Waals surface area contributed by atoms with Gasteiger partial charge in [0.1, 0.15) is 11.6 Å². The minimum Gasteiger partial charge on any atom is -0.382 e. The van der Waals surface area contributed by atoms with Crippen molar-refractivity contribution in [2.45, 2.75) is 26.3 Å². The summed E-state index contributed by atoms with van der Waals surface area (Å²) in [6.45, 7) is 5.08. The molecule has 1 unspecified atom stereocenters. The van der Waals surface area contributed by atoms with Gasteiger partial charge >= 0.3 is 0 Å². The second-order valence-corrected chi connectivity index (χ2v) is 4.22. The molecule has 0 fully saturated rings. The molecule has 4 N–H and O–H groups in total. The molecule has 86 valence electrons. The van der Waals surface area contributed by atoms with Crippen molar-refractivity contribution in [2.75, 3.05) is 31.7 Å². The summed E-state index contributed by atoms with van der Waals surface area (Å²) in [4.78, 5) is 9.41. The minimum absolute atomic E-state index is 0.373. The Morgan fingerprint density at radius 3 is 2.67 bits per heavy atom. The van der Waals surface area contributed by atoms with E-state index in [9.17, 15) is 0 Å². The first-order chi connectivity index (χ1) is 6.99. The van der Waals surface area contributed by atoms with E-state index in [1.807, 2.05) is 6.92 Å². The number of nitrogens with two attached hydrogens (primary N) is 1. The molecule has 0 radical (unpaired) electrons. The van der Waals surface area contributed by atoms with Gasteiger partial charge in [-0.25, -0.2) is 4.98 Å². The topological polar surface area (TPSA) is 70.0 Å². The summed E-state index contributed by atoms with van der Waals surface area (Å²) in [5.74, 6) is 2.22. The van der Waals surface area contributed by atoms with E-state index < -0.39 is 0 Å². The maximum atomic E-state index is 5.75. The molecule has 0 bridgehead atoms. The van der Waals surface area contributed by atoms with Crippen molar-refractivity contribution < 1.29 is 0 Å². The number of aryl methyl sites for hydroxylation is 1. The highest BCUT2D eigenvalue weighted by molar-refractivity contribution is 5.57. The van der Waals surface area contributed by atoms with E-state index in [1.165, 1.54) is 0 Å². The number of nitrogens with one attached hydrogen (secondary N) is 2. The molecule has 5 nitrogen and oxygen atoms in total. The van der Waals surface area contributed by atoms with Gasteiger partial charge in [-0.3, -0.25) is 0 Å². The number of nitrogens with zero attached hydrogens (tertiary/aromatic N) is 2. The molecule has 0 saturated carbocycles. The summed E-state index contributed by atoms with van der Waals surface area (Å²) >= 11 is 0. The molecule has 0 amide bonds. The Kier molecular flexibility index (Phi) is 3.96. The van der Waals surface area contributed by atoms with Crippen molar-refractivity contribution in [3.63, 3.8) is 0 Å². The van der Waals surface area contributed by atoms with Crippen LogP contribution in [0, 0.1) is 6.92 Å². The van der Waals surface area contributed by atoms with Gasteiger partial charge in [0, 0.05) is 6.04 Å². The monoisotopic (exact) mass is 211 g/mol. The lowest BCUT2D eigenvalue weighted by atomic mass is 10.2. The predicted octanol–water partition coefficient (Wildman–Crippen LogP) is 1.05. The first kappa shape index (κ1) is 11.8. The van der Waals surface area contributed by atoms with E-state index in [0.717, 1.165) is 24.6 Å². The second kappa shape index (κ2) is 5.02. The van der Waals surface area contributed by atoms with Crippen LogP contribution in [0.2, 0.25) is 0 Å². The summed E-state index contributed by atoms with van der Waals surface area (Å²) in [5.41, 5.74) is 5.75. The van der Waals surface area contributed by atoms with Crippen LogP contribution < -0.4 is 11.1 Å². The second-order valence-electron chi connectivity index (χ2n) is 4.22. The van der Waals surface area contributed by atoms with Crippen LogP contribution in [-0.4, -0.2) is 41.5 Å². The number of H-pyrrole nitrogens is 1. The van der Waals surface area contributed by atoms with E-state index in [2.05, 4.69) is 41.2 Å². The molecule has 0 aliphatic rings. The fourth-order valence-electron chi connectivity index (χ4n) is 1.38. The van der Waals surface area contributed by atoms with E-state index in [-0.39, 0.29) is 0 Å². The fraction of sp³-hybridized carbons (Fsp3) is 0.700. The molecule has 0 spiro atoms. The van der Waals surface area contributed by atoms with Crippen LogP contribution in [-0.2, 0) is 0 Å². The highest BCUT2D eigenvalue weighted by Crippen LogP contribution is 2.15. The Labute approximate surface area is 91.1 Å². The van der Waals surface area contributed by atoms with Gasteiger partial charge in [0.15, 0.2) is 5.82 Å². The largest absolute Gasteiger partial charge is 0.382 e. The van der Waals surface area contributed by atoms with E-state index in [0.29, 0.717) is 11.9 Å². The number of aromatic nitrogens is 2. The molecule has 0 aliphatic carbocycles. The molecule has 15 heavy (non-hydrogen) atoms. The van der Waals surface area contributed by atoms with Gasteiger partial charge in [0.2, 0.25) is 0 Å². The molecule has 1 rings (SSSR count). The highest BCUT2D eigenvalue weighted by Gasteiger charge is 2.08. The van der Waals surface area contributed by atoms with Gasteiger partial charge in [-0.1, -0.05) is 0 Å². The first-order valence-electron chi connectivity index (χ1n) is 5.22. The van der Waals surface area contributed by atoms with E-state index >= 15 is 0 Å². The van der Waals surface area contributed by atoms with Crippen molar-refractivity contribution in [1.82, 2.24) is 14.9 Å². The molecule has 5 heteroatoms. The van der Waals surface area contributed by atoms with E-state index in [4.69, 9.17) is 5.73 Å². The Morgan fingerprint density at radius 1 is 1.53 bits per heavy atom. The third-order valence-corrected chi connectivity index (χ3v) is 2.24. The van der Waals surface area contributed by atoms with Crippen LogP contribution in [0.3, 0.4) is 0 Å². The van der Waals surface area contributed by atoms with Crippen molar-refractivity contribution in [2.24, 2.45) is 0 Å². The first-order valence-corrected chi connectivity index (χ1v) is 5.22. The van der Waals surface area contributed by atoms with Crippen LogP contribution in [0.25, 0.3) is 0 Å². The van der Waals surface area contributed by atoms with Crippen LogP contribution in [0.4, 0.5) is 11.6 Å². The van der Waals surface area contributed by atoms with Gasteiger partial charge in [-0.05, 0) is 40.9 Å².